The molecule has 1 aliphatic heterocycles. The van der Waals surface area contributed by atoms with Crippen LogP contribution in [0.15, 0.2) is 36.5 Å². The van der Waals surface area contributed by atoms with E-state index in [1.165, 1.54) is 15.9 Å². The van der Waals surface area contributed by atoms with E-state index < -0.39 is 48.0 Å². The normalized spacial score (nSPS) is 17.2. The molecule has 0 unspecified atom stereocenters. The molecular weight excluding hydrogens is 454 g/mol. The lowest BCUT2D eigenvalue weighted by Gasteiger charge is -2.25. The number of aromatic nitrogens is 2. The van der Waals surface area contributed by atoms with Crippen molar-refractivity contribution in [2.24, 2.45) is 5.92 Å². The number of ketones is 1. The third-order valence-corrected chi connectivity index (χ3v) is 5.19. The number of Topliss-reactive ketones (excluding diaryl/α,β-unsaturated/α-hetero) is 1. The highest BCUT2D eigenvalue weighted by molar-refractivity contribution is 5.97. The second kappa shape index (κ2) is 8.99. The van der Waals surface area contributed by atoms with Crippen molar-refractivity contribution in [3.63, 3.8) is 0 Å². The third-order valence-electron chi connectivity index (χ3n) is 5.19. The molecular formula is C21H20F6N4O2. The zero-order valence-corrected chi connectivity index (χ0v) is 17.6. The molecule has 2 aromatic rings. The summed E-state index contributed by atoms with van der Waals surface area (Å²) in [4.78, 5) is 34.9. The molecule has 1 fully saturated rings. The minimum atomic E-state index is -4.65. The van der Waals surface area contributed by atoms with Crippen LogP contribution in [0, 0.1) is 5.92 Å². The maximum atomic E-state index is 13.0. The summed E-state index contributed by atoms with van der Waals surface area (Å²) in [5.41, 5.74) is -2.15. The molecule has 178 valence electrons. The Morgan fingerprint density at radius 1 is 1.06 bits per heavy atom. The van der Waals surface area contributed by atoms with Crippen LogP contribution >= 0.6 is 0 Å². The number of carbonyl (C=O) groups excluding carboxylic acids is 2. The molecule has 1 aliphatic rings. The predicted molar refractivity (Wildman–Crippen MR) is 105 cm³/mol. The van der Waals surface area contributed by atoms with Crippen molar-refractivity contribution < 1.29 is 35.9 Å². The lowest BCUT2D eigenvalue weighted by molar-refractivity contribution is -0.142. The Balaban J connectivity index is 1.75. The van der Waals surface area contributed by atoms with Gasteiger partial charge in [-0.15, -0.1) is 0 Å². The molecule has 6 nitrogen and oxygen atoms in total. The van der Waals surface area contributed by atoms with Crippen LogP contribution in [0.3, 0.4) is 0 Å². The average Bonchev–Trinajstić information content (AvgIpc) is 3.03. The van der Waals surface area contributed by atoms with Crippen molar-refractivity contribution >= 4 is 17.5 Å². The first-order valence-corrected chi connectivity index (χ1v) is 9.93. The number of nitrogens with zero attached hydrogens (tertiary/aromatic N) is 4. The summed E-state index contributed by atoms with van der Waals surface area (Å²) in [6.07, 6.45) is -8.73. The van der Waals surface area contributed by atoms with Gasteiger partial charge in [0.2, 0.25) is 0 Å². The van der Waals surface area contributed by atoms with Crippen molar-refractivity contribution in [2.45, 2.75) is 38.7 Å². The second-order valence-electron chi connectivity index (χ2n) is 7.96. The highest BCUT2D eigenvalue weighted by Gasteiger charge is 2.41. The summed E-state index contributed by atoms with van der Waals surface area (Å²) in [6.45, 7) is 3.39. The van der Waals surface area contributed by atoms with Gasteiger partial charge in [-0.2, -0.15) is 26.3 Å². The van der Waals surface area contributed by atoms with Crippen molar-refractivity contribution in [2.75, 3.05) is 18.0 Å². The third kappa shape index (κ3) is 5.60. The first kappa shape index (κ1) is 24.5. The van der Waals surface area contributed by atoms with E-state index in [0.717, 1.165) is 30.5 Å². The molecule has 12 heteroatoms. The van der Waals surface area contributed by atoms with E-state index >= 15 is 0 Å². The molecule has 3 heterocycles. The number of amides is 2. The number of carbonyl (C=O) groups is 2. The van der Waals surface area contributed by atoms with Gasteiger partial charge in [-0.25, -0.2) is 14.8 Å². The highest BCUT2D eigenvalue weighted by atomic mass is 19.4. The number of anilines is 1. The van der Waals surface area contributed by atoms with Crippen LogP contribution in [0.2, 0.25) is 0 Å². The number of halogens is 6. The molecule has 2 amide bonds. The van der Waals surface area contributed by atoms with E-state index in [9.17, 15) is 35.9 Å². The first-order valence-electron chi connectivity index (χ1n) is 9.93. The Labute approximate surface area is 185 Å². The van der Waals surface area contributed by atoms with Crippen LogP contribution in [0.4, 0.5) is 36.8 Å². The van der Waals surface area contributed by atoms with E-state index in [0.29, 0.717) is 0 Å². The van der Waals surface area contributed by atoms with Crippen LogP contribution in [-0.2, 0) is 23.6 Å². The molecule has 1 saturated heterocycles. The van der Waals surface area contributed by atoms with Gasteiger partial charge in [0, 0.05) is 12.2 Å². The highest BCUT2D eigenvalue weighted by Crippen LogP contribution is 2.31. The summed E-state index contributed by atoms with van der Waals surface area (Å²) >= 11 is 0. The van der Waals surface area contributed by atoms with E-state index in [1.54, 1.807) is 0 Å². The van der Waals surface area contributed by atoms with Crippen molar-refractivity contribution in [1.29, 1.82) is 0 Å². The van der Waals surface area contributed by atoms with Crippen LogP contribution in [-0.4, -0.2) is 45.8 Å². The van der Waals surface area contributed by atoms with E-state index in [-0.39, 0.29) is 30.4 Å². The van der Waals surface area contributed by atoms with Gasteiger partial charge in [0.05, 0.1) is 30.9 Å². The standard InChI is InChI=1S/C21H20F6N4O2/c1-12(2)16-11-30(14-6-7-17(28-9-14)20(22,23)24)19(33)31(16)10-15(32)8-13-4-3-5-18(29-13)21(25,26)27/h3-7,9,12,16H,8,10-11H2,1-2H3/t16-/m1/s1. The van der Waals surface area contributed by atoms with Crippen LogP contribution in [0.1, 0.15) is 30.9 Å². The van der Waals surface area contributed by atoms with E-state index in [1.807, 2.05) is 13.8 Å². The van der Waals surface area contributed by atoms with Gasteiger partial charge in [0.15, 0.2) is 5.78 Å². The van der Waals surface area contributed by atoms with Crippen molar-refractivity contribution in [3.05, 3.63) is 53.6 Å². The molecule has 0 bridgehead atoms. The molecule has 1 atom stereocenters. The number of hydrogen-bond acceptors (Lipinski definition) is 4. The van der Waals surface area contributed by atoms with Gasteiger partial charge in [0.1, 0.15) is 11.4 Å². The van der Waals surface area contributed by atoms with Crippen LogP contribution < -0.4 is 4.90 Å². The lowest BCUT2D eigenvalue weighted by atomic mass is 10.0. The van der Waals surface area contributed by atoms with Gasteiger partial charge in [0.25, 0.3) is 0 Å². The topological polar surface area (TPSA) is 66.4 Å². The summed E-state index contributed by atoms with van der Waals surface area (Å²) in [6, 6.07) is 4.10. The molecule has 0 aromatic carbocycles. The van der Waals surface area contributed by atoms with Crippen molar-refractivity contribution in [3.8, 4) is 0 Å². The lowest BCUT2D eigenvalue weighted by Crippen LogP contribution is -2.41. The molecule has 0 aliphatic carbocycles. The molecule has 0 radical (unpaired) electrons. The van der Waals surface area contributed by atoms with Gasteiger partial charge in [-0.1, -0.05) is 19.9 Å². The Hall–Kier alpha value is -3.18. The minimum Gasteiger partial charge on any atom is -0.312 e. The number of hydrogen-bond donors (Lipinski definition) is 0. The van der Waals surface area contributed by atoms with Crippen molar-refractivity contribution in [1.82, 2.24) is 14.9 Å². The van der Waals surface area contributed by atoms with Gasteiger partial charge >= 0.3 is 18.4 Å². The van der Waals surface area contributed by atoms with Crippen LogP contribution in [0.25, 0.3) is 0 Å². The molecule has 0 saturated carbocycles. The molecule has 0 N–H and O–H groups in total. The Morgan fingerprint density at radius 2 is 1.73 bits per heavy atom. The fraction of sp³-hybridized carbons (Fsp3) is 0.429. The fourth-order valence-electron chi connectivity index (χ4n) is 3.53. The minimum absolute atomic E-state index is 0.0774. The number of pyridine rings is 2. The monoisotopic (exact) mass is 474 g/mol. The van der Waals surface area contributed by atoms with Crippen LogP contribution in [0.5, 0.6) is 0 Å². The molecule has 0 spiro atoms. The Kier molecular flexibility index (Phi) is 6.66. The quantitative estimate of drug-likeness (QED) is 0.575. The summed E-state index contributed by atoms with van der Waals surface area (Å²) < 4.78 is 76.8. The summed E-state index contributed by atoms with van der Waals surface area (Å²) in [5, 5.41) is 0. The first-order chi connectivity index (χ1) is 15.3. The Bertz CT molecular complexity index is 1020. The molecule has 33 heavy (non-hydrogen) atoms. The number of alkyl halides is 6. The zero-order valence-electron chi connectivity index (χ0n) is 17.6. The smallest absolute Gasteiger partial charge is 0.312 e. The van der Waals surface area contributed by atoms with E-state index in [2.05, 4.69) is 9.97 Å². The summed E-state index contributed by atoms with van der Waals surface area (Å²) in [7, 11) is 0. The maximum absolute atomic E-state index is 13.0. The zero-order chi connectivity index (χ0) is 24.6. The SMILES string of the molecule is CC(C)[C@H]1CN(c2ccc(C(F)(F)F)nc2)C(=O)N1CC(=O)Cc1cccc(C(F)(F)F)n1. The fourth-order valence-corrected chi connectivity index (χ4v) is 3.53. The second-order valence-corrected chi connectivity index (χ2v) is 7.96. The number of urea groups is 1. The molecule has 2 aromatic heterocycles. The Morgan fingerprint density at radius 3 is 2.27 bits per heavy atom. The van der Waals surface area contributed by atoms with Gasteiger partial charge < -0.3 is 4.90 Å². The largest absolute Gasteiger partial charge is 0.433 e. The molecule has 3 rings (SSSR count). The van der Waals surface area contributed by atoms with Gasteiger partial charge in [-0.3, -0.25) is 9.69 Å². The van der Waals surface area contributed by atoms with E-state index in [4.69, 9.17) is 0 Å². The maximum Gasteiger partial charge on any atom is 0.433 e. The predicted octanol–water partition coefficient (Wildman–Crippen LogP) is 4.59. The average molecular weight is 474 g/mol. The van der Waals surface area contributed by atoms with Gasteiger partial charge in [-0.05, 0) is 30.2 Å². The number of rotatable bonds is 6. The summed E-state index contributed by atoms with van der Waals surface area (Å²) in [5.74, 6) is -0.617.